The first-order valence-corrected chi connectivity index (χ1v) is 12.9. The summed E-state index contributed by atoms with van der Waals surface area (Å²) in [6.45, 7) is 8.04. The maximum atomic E-state index is 12.4. The minimum Gasteiger partial charge on any atom is -0.511 e. The fraction of sp³-hybridized carbons (Fsp3) is 0.333. The Morgan fingerprint density at radius 2 is 1.49 bits per heavy atom. The van der Waals surface area contributed by atoms with Gasteiger partial charge < -0.3 is 5.11 Å². The van der Waals surface area contributed by atoms with Crippen molar-refractivity contribution in [2.45, 2.75) is 53.4 Å². The van der Waals surface area contributed by atoms with Gasteiger partial charge in [0.2, 0.25) is 0 Å². The van der Waals surface area contributed by atoms with Crippen molar-refractivity contribution in [1.82, 2.24) is 4.98 Å². The van der Waals surface area contributed by atoms with Crippen LogP contribution in [0.15, 0.2) is 84.1 Å². The van der Waals surface area contributed by atoms with Crippen LogP contribution in [-0.2, 0) is 24.9 Å². The van der Waals surface area contributed by atoms with Gasteiger partial charge >= 0.3 is 0 Å². The molecule has 1 atom stereocenters. The summed E-state index contributed by atoms with van der Waals surface area (Å²) in [4.78, 5) is 17.2. The largest absolute Gasteiger partial charge is 0.511 e. The number of ketones is 1. The van der Waals surface area contributed by atoms with E-state index in [4.69, 9.17) is 4.98 Å². The number of aliphatic hydroxyl groups is 1. The molecule has 193 valence electrons. The fourth-order valence-corrected chi connectivity index (χ4v) is 5.51. The number of hydrogen-bond acceptors (Lipinski definition) is 3. The number of carbonyl (C=O) groups is 1. The van der Waals surface area contributed by atoms with E-state index in [0.29, 0.717) is 11.7 Å². The molecule has 1 saturated carbocycles. The van der Waals surface area contributed by atoms with E-state index in [9.17, 15) is 9.90 Å². The molecule has 0 amide bonds. The summed E-state index contributed by atoms with van der Waals surface area (Å²) in [5.41, 5.74) is 3.30. The zero-order chi connectivity index (χ0) is 25.5. The van der Waals surface area contributed by atoms with Gasteiger partial charge in [0.05, 0.1) is 5.52 Å². The maximum Gasteiger partial charge on any atom is 0.168 e. The molecule has 4 heteroatoms. The molecule has 2 aliphatic rings. The molecule has 37 heavy (non-hydrogen) atoms. The van der Waals surface area contributed by atoms with Gasteiger partial charge in [0.25, 0.3) is 0 Å². The van der Waals surface area contributed by atoms with Crippen molar-refractivity contribution in [3.63, 3.8) is 0 Å². The monoisotopic (exact) mass is 669 g/mol. The van der Waals surface area contributed by atoms with Crippen LogP contribution in [0.2, 0.25) is 0 Å². The number of Topliss-reactive ketones (excluding diaryl/α,β-unsaturated/α-hetero) is 1. The molecule has 1 unspecified atom stereocenters. The number of aliphatic hydroxyl groups excluding tert-OH is 1. The van der Waals surface area contributed by atoms with Gasteiger partial charge in [-0.3, -0.25) is 9.78 Å². The molecule has 4 aromatic rings. The smallest absolute Gasteiger partial charge is 0.168 e. The number of rotatable bonds is 1. The van der Waals surface area contributed by atoms with Gasteiger partial charge in [0.1, 0.15) is 5.76 Å². The maximum absolute atomic E-state index is 12.4. The van der Waals surface area contributed by atoms with Crippen LogP contribution >= 0.6 is 0 Å². The van der Waals surface area contributed by atoms with E-state index >= 15 is 0 Å². The minimum atomic E-state index is -0.284. The van der Waals surface area contributed by atoms with Crippen molar-refractivity contribution in [1.29, 1.82) is 0 Å². The van der Waals surface area contributed by atoms with Crippen molar-refractivity contribution >= 4 is 27.5 Å². The topological polar surface area (TPSA) is 50.2 Å². The summed E-state index contributed by atoms with van der Waals surface area (Å²) in [7, 11) is 0. The second-order valence-corrected chi connectivity index (χ2v) is 11.5. The van der Waals surface area contributed by atoms with Crippen LogP contribution in [-0.4, -0.2) is 15.9 Å². The Labute approximate surface area is 233 Å². The normalized spacial score (nSPS) is 20.0. The second-order valence-electron chi connectivity index (χ2n) is 11.5. The Bertz CT molecular complexity index is 1470. The number of fused-ring (bicyclic) bond motifs is 4. The number of hydrogen-bond donors (Lipinski definition) is 1. The number of carbonyl (C=O) groups excluding carboxylic acids is 1. The van der Waals surface area contributed by atoms with Gasteiger partial charge in [-0.05, 0) is 48.1 Å². The van der Waals surface area contributed by atoms with E-state index < -0.39 is 0 Å². The third kappa shape index (κ3) is 5.28. The van der Waals surface area contributed by atoms with Gasteiger partial charge in [-0.15, -0.1) is 35.9 Å². The first-order valence-electron chi connectivity index (χ1n) is 12.9. The van der Waals surface area contributed by atoms with Crippen molar-refractivity contribution in [2.24, 2.45) is 16.7 Å². The number of nitrogens with zero attached hydrogens (tertiary/aromatic N) is 1. The molecule has 1 heterocycles. The number of benzene rings is 3. The van der Waals surface area contributed by atoms with Gasteiger partial charge in [-0.2, -0.15) is 0 Å². The van der Waals surface area contributed by atoms with Gasteiger partial charge in [-0.25, -0.2) is 0 Å². The third-order valence-corrected chi connectivity index (χ3v) is 7.97. The average Bonchev–Trinajstić information content (AvgIpc) is 2.89. The van der Waals surface area contributed by atoms with Crippen LogP contribution < -0.4 is 0 Å². The molecule has 0 bridgehead atoms. The molecular formula is C33H34IrNO2-. The van der Waals surface area contributed by atoms with E-state index in [1.54, 1.807) is 0 Å². The van der Waals surface area contributed by atoms with E-state index in [1.165, 1.54) is 16.2 Å². The fourth-order valence-electron chi connectivity index (χ4n) is 5.51. The van der Waals surface area contributed by atoms with Crippen LogP contribution in [0.4, 0.5) is 0 Å². The second kappa shape index (κ2) is 10.5. The molecule has 3 aromatic carbocycles. The van der Waals surface area contributed by atoms with Crippen LogP contribution in [0.5, 0.6) is 0 Å². The molecular weight excluding hydrogens is 635 g/mol. The van der Waals surface area contributed by atoms with Gasteiger partial charge in [0.15, 0.2) is 5.78 Å². The third-order valence-electron chi connectivity index (χ3n) is 7.97. The molecule has 0 spiro atoms. The first kappa shape index (κ1) is 27.2. The summed E-state index contributed by atoms with van der Waals surface area (Å²) in [6.07, 6.45) is 4.04. The number of allylic oxidation sites excluding steroid dienone is 2. The van der Waals surface area contributed by atoms with Crippen molar-refractivity contribution in [3.8, 4) is 11.3 Å². The van der Waals surface area contributed by atoms with E-state index in [-0.39, 0.29) is 36.7 Å². The van der Waals surface area contributed by atoms with Crippen LogP contribution in [0.3, 0.4) is 0 Å². The molecule has 1 radical (unpaired) electrons. The van der Waals surface area contributed by atoms with Crippen molar-refractivity contribution in [3.05, 3.63) is 90.2 Å². The standard InChI is InChI=1S/C19H12N.C14H22O2.Ir/c1-2-7-15(8-3-1)18-13-12-16-11-10-14-6-4-5-9-17(14)19(16)20-18;1-13(2)7-5-9-6-8-14(3,4)12(16)10(9)11(13)15;/h1-7,9-13H;9,15H,5-8H2,1-4H3;/q-1;;. The Morgan fingerprint density at radius 3 is 2.22 bits per heavy atom. The predicted octanol–water partition coefficient (Wildman–Crippen LogP) is 8.48. The van der Waals surface area contributed by atoms with E-state index in [2.05, 4.69) is 54.6 Å². The molecule has 3 nitrogen and oxygen atoms in total. The van der Waals surface area contributed by atoms with Crippen LogP contribution in [0.25, 0.3) is 32.9 Å². The molecule has 0 saturated heterocycles. The molecule has 6 rings (SSSR count). The number of aromatic nitrogens is 1. The van der Waals surface area contributed by atoms with E-state index in [0.717, 1.165) is 48.0 Å². The Hall–Kier alpha value is -2.81. The average molecular weight is 669 g/mol. The van der Waals surface area contributed by atoms with Crippen molar-refractivity contribution < 1.29 is 30.0 Å². The Balaban J connectivity index is 0.000000173. The zero-order valence-corrected chi connectivity index (χ0v) is 24.4. The van der Waals surface area contributed by atoms with E-state index in [1.807, 2.05) is 52.0 Å². The predicted molar refractivity (Wildman–Crippen MR) is 148 cm³/mol. The summed E-state index contributed by atoms with van der Waals surface area (Å²) >= 11 is 0. The SMILES string of the molecule is CC1(C)CCC2CCC(C)(C)C(O)=C2C1=O.[Ir].[c-]1ccccc1-c1ccc2ccc3ccccc3c2n1. The summed E-state index contributed by atoms with van der Waals surface area (Å²) in [5.74, 6) is 0.851. The quantitative estimate of drug-likeness (QED) is 0.164. The molecule has 1 fully saturated rings. The minimum absolute atomic E-state index is 0. The summed E-state index contributed by atoms with van der Waals surface area (Å²) in [5, 5.41) is 13.9. The molecule has 0 aliphatic heterocycles. The zero-order valence-electron chi connectivity index (χ0n) is 22.0. The van der Waals surface area contributed by atoms with Crippen LogP contribution in [0.1, 0.15) is 53.4 Å². The first-order chi connectivity index (χ1) is 17.2. The number of pyridine rings is 1. The van der Waals surface area contributed by atoms with Gasteiger partial charge in [-0.1, -0.05) is 76.2 Å². The van der Waals surface area contributed by atoms with Gasteiger partial charge in [0, 0.05) is 41.9 Å². The summed E-state index contributed by atoms with van der Waals surface area (Å²) in [6, 6.07) is 28.0. The Kier molecular flexibility index (Phi) is 7.74. The Morgan fingerprint density at radius 1 is 0.838 bits per heavy atom. The molecule has 2 aliphatic carbocycles. The summed E-state index contributed by atoms with van der Waals surface area (Å²) < 4.78 is 0. The van der Waals surface area contributed by atoms with Crippen LogP contribution in [0, 0.1) is 22.8 Å². The van der Waals surface area contributed by atoms with Crippen molar-refractivity contribution in [2.75, 3.05) is 0 Å². The molecule has 1 N–H and O–H groups in total. The molecule has 1 aromatic heterocycles.